The molecule has 1 amide bonds. The van der Waals surface area contributed by atoms with Gasteiger partial charge < -0.3 is 10.1 Å². The summed E-state index contributed by atoms with van der Waals surface area (Å²) in [5, 5.41) is 10.4. The molecule has 1 unspecified atom stereocenters. The molecule has 132 valence electrons. The van der Waals surface area contributed by atoms with Gasteiger partial charge in [0, 0.05) is 35.3 Å². The van der Waals surface area contributed by atoms with Gasteiger partial charge in [0.05, 0.1) is 13.3 Å². The molecule has 0 spiro atoms. The maximum absolute atomic E-state index is 12.9. The van der Waals surface area contributed by atoms with E-state index in [-0.39, 0.29) is 23.7 Å². The Kier molecular flexibility index (Phi) is 3.19. The minimum Gasteiger partial charge on any atom is -0.508 e. The number of H-pyrrole nitrogens is 1. The van der Waals surface area contributed by atoms with E-state index >= 15 is 0 Å². The van der Waals surface area contributed by atoms with Crippen LogP contribution in [0.5, 0.6) is 5.75 Å². The summed E-state index contributed by atoms with van der Waals surface area (Å²) < 4.78 is 8.27. The number of benzene rings is 2. The number of para-hydroxylation sites is 1. The number of aliphatic imine (C=N–C) groups is 2. The van der Waals surface area contributed by atoms with Crippen molar-refractivity contribution in [2.45, 2.75) is 12.5 Å². The van der Waals surface area contributed by atoms with E-state index in [2.05, 4.69) is 15.0 Å². The lowest BCUT2D eigenvalue weighted by Gasteiger charge is -2.17. The van der Waals surface area contributed by atoms with Crippen LogP contribution in [0.25, 0.3) is 16.6 Å². The van der Waals surface area contributed by atoms with E-state index in [1.165, 1.54) is 4.90 Å². The number of hydrogen-bond acceptors (Lipinski definition) is 4. The number of carbonyl (C=O) groups excluding carboxylic acids is 1. The van der Waals surface area contributed by atoms with Gasteiger partial charge in [0.15, 0.2) is 5.84 Å². The van der Waals surface area contributed by atoms with Crippen LogP contribution in [0.4, 0.5) is 0 Å². The van der Waals surface area contributed by atoms with Gasteiger partial charge in [-0.2, -0.15) is 0 Å². The van der Waals surface area contributed by atoms with Gasteiger partial charge in [-0.1, -0.05) is 30.3 Å². The predicted molar refractivity (Wildman–Crippen MR) is 105 cm³/mol. The summed E-state index contributed by atoms with van der Waals surface area (Å²) in [7, 11) is 0. The summed E-state index contributed by atoms with van der Waals surface area (Å²) in [4.78, 5) is 26.3. The zero-order valence-corrected chi connectivity index (χ0v) is 14.3. The molecule has 2 aliphatic rings. The third-order valence-corrected chi connectivity index (χ3v) is 4.79. The molecule has 2 aromatic carbocycles. The largest absolute Gasteiger partial charge is 0.508 e. The van der Waals surface area contributed by atoms with Gasteiger partial charge in [-0.3, -0.25) is 19.7 Å². The molecule has 0 radical (unpaired) electrons. The number of amides is 1. The molecule has 6 nitrogen and oxygen atoms in total. The van der Waals surface area contributed by atoms with Crippen molar-refractivity contribution in [3.8, 4) is 5.75 Å². The summed E-state index contributed by atoms with van der Waals surface area (Å²) in [6, 6.07) is 13.9. The fraction of sp³-hybridized carbons (Fsp3) is 0.0952. The highest BCUT2D eigenvalue weighted by molar-refractivity contribution is 6.37. The minimum atomic E-state index is -0.603. The third kappa shape index (κ3) is 2.62. The molecule has 0 bridgehead atoms. The Labute approximate surface area is 156 Å². The molecule has 1 atom stereocenters. The maximum atomic E-state index is 12.9. The molecular formula is C21H16N4O2. The van der Waals surface area contributed by atoms with Crippen molar-refractivity contribution in [3.05, 3.63) is 72.1 Å². The molecule has 3 heterocycles. The summed E-state index contributed by atoms with van der Waals surface area (Å²) in [6.45, 7) is 0. The van der Waals surface area contributed by atoms with Gasteiger partial charge in [-0.25, -0.2) is 0 Å². The lowest BCUT2D eigenvalue weighted by Crippen LogP contribution is -2.33. The minimum absolute atomic E-state index is 0.0238. The second kappa shape index (κ2) is 5.95. The van der Waals surface area contributed by atoms with Gasteiger partial charge in [0.25, 0.3) is 5.91 Å². The fourth-order valence-electron chi connectivity index (χ4n) is 3.40. The van der Waals surface area contributed by atoms with Crippen molar-refractivity contribution in [2.24, 2.45) is 9.98 Å². The normalized spacial score (nSPS) is 19.5. The number of rotatable bonds is 3. The number of aromatic amines is 1. The molecule has 0 fully saturated rings. The lowest BCUT2D eigenvalue weighted by molar-refractivity contribution is -0.125. The maximum Gasteiger partial charge on any atom is 0.257 e. The molecule has 1 aromatic heterocycles. The molecule has 0 saturated heterocycles. The number of hydrogen-bond donors (Lipinski definition) is 2. The molecule has 0 saturated carbocycles. The molecular weight excluding hydrogens is 340 g/mol. The van der Waals surface area contributed by atoms with Crippen LogP contribution in [0.1, 0.15) is 12.5 Å². The summed E-state index contributed by atoms with van der Waals surface area (Å²) >= 11 is 0. The Hall–Kier alpha value is -3.67. The van der Waals surface area contributed by atoms with E-state index < -0.39 is 6.04 Å². The zero-order chi connectivity index (χ0) is 19.3. The Morgan fingerprint density at radius 1 is 1.19 bits per heavy atom. The van der Waals surface area contributed by atoms with Gasteiger partial charge in [-0.15, -0.1) is 0 Å². The number of phenolic OH excluding ortho intramolecular Hbond substituents is 1. The van der Waals surface area contributed by atoms with Gasteiger partial charge in [-0.05, 0) is 23.8 Å². The quantitative estimate of drug-likeness (QED) is 0.755. The molecule has 2 aliphatic heterocycles. The summed E-state index contributed by atoms with van der Waals surface area (Å²) in [6.07, 6.45) is 3.88. The molecule has 6 heteroatoms. The van der Waals surface area contributed by atoms with Crippen molar-refractivity contribution in [2.75, 3.05) is 0 Å². The van der Waals surface area contributed by atoms with E-state index in [4.69, 9.17) is 1.37 Å². The highest BCUT2D eigenvalue weighted by Crippen LogP contribution is 2.29. The first kappa shape index (κ1) is 14.5. The van der Waals surface area contributed by atoms with Crippen molar-refractivity contribution < 1.29 is 11.3 Å². The van der Waals surface area contributed by atoms with E-state index in [0.29, 0.717) is 12.1 Å². The van der Waals surface area contributed by atoms with Crippen LogP contribution in [0.3, 0.4) is 0 Å². The Bertz CT molecular complexity index is 1190. The molecule has 3 aromatic rings. The summed E-state index contributed by atoms with van der Waals surface area (Å²) in [5.74, 6) is 0.273. The van der Waals surface area contributed by atoms with Crippen LogP contribution in [0.2, 0.25) is 0 Å². The zero-order valence-electron chi connectivity index (χ0n) is 15.3. The monoisotopic (exact) mass is 357 g/mol. The van der Waals surface area contributed by atoms with E-state index in [0.717, 1.165) is 22.0 Å². The van der Waals surface area contributed by atoms with Gasteiger partial charge >= 0.3 is 0 Å². The number of phenols is 1. The Morgan fingerprint density at radius 3 is 2.85 bits per heavy atom. The van der Waals surface area contributed by atoms with Crippen LogP contribution in [-0.2, 0) is 11.2 Å². The number of carbonyl (C=O) groups is 1. The smallest absolute Gasteiger partial charge is 0.257 e. The number of fused-ring (bicyclic) bond motifs is 2. The highest BCUT2D eigenvalue weighted by Gasteiger charge is 2.34. The highest BCUT2D eigenvalue weighted by atomic mass is 16.3. The SMILES string of the molecule is [2H]C1=NC(c2c[nH]c3ccccc23)=CN2C(=O)C(Cc3ccc(O)cc3)N=C12. The van der Waals surface area contributed by atoms with Crippen molar-refractivity contribution in [3.63, 3.8) is 0 Å². The third-order valence-electron chi connectivity index (χ3n) is 4.79. The first-order valence-corrected chi connectivity index (χ1v) is 8.63. The predicted octanol–water partition coefficient (Wildman–Crippen LogP) is 3.11. The topological polar surface area (TPSA) is 81.0 Å². The standard InChI is InChI=1S/C21H16N4O2/c26-14-7-5-13(6-8-14)9-18-21(27)25-12-19(23-11-20(25)24-18)16-10-22-17-4-2-1-3-15(16)17/h1-8,10-12,18,22,26H,9H2/i11D. The lowest BCUT2D eigenvalue weighted by atomic mass is 10.1. The number of aromatic nitrogens is 1. The Balaban J connectivity index is 1.48. The van der Waals surface area contributed by atoms with Crippen molar-refractivity contribution in [1.82, 2.24) is 9.88 Å². The first-order valence-electron chi connectivity index (χ1n) is 9.13. The first-order chi connectivity index (χ1) is 13.6. The number of amidine groups is 1. The van der Waals surface area contributed by atoms with E-state index in [1.54, 1.807) is 30.5 Å². The average Bonchev–Trinajstić information content (AvgIpc) is 3.26. The number of aromatic hydroxyl groups is 1. The van der Waals surface area contributed by atoms with Crippen molar-refractivity contribution in [1.29, 1.82) is 0 Å². The van der Waals surface area contributed by atoms with E-state index in [9.17, 15) is 9.90 Å². The molecule has 5 rings (SSSR count). The number of nitrogens with one attached hydrogen (secondary N) is 1. The van der Waals surface area contributed by atoms with Crippen LogP contribution < -0.4 is 0 Å². The Morgan fingerprint density at radius 2 is 2.00 bits per heavy atom. The number of nitrogens with zero attached hydrogens (tertiary/aromatic N) is 3. The second-order valence-corrected chi connectivity index (χ2v) is 6.53. The van der Waals surface area contributed by atoms with Gasteiger partial charge in [0.1, 0.15) is 11.8 Å². The molecule has 0 aliphatic carbocycles. The van der Waals surface area contributed by atoms with Crippen LogP contribution in [-0.4, -0.2) is 39.0 Å². The van der Waals surface area contributed by atoms with Crippen LogP contribution >= 0.6 is 0 Å². The van der Waals surface area contributed by atoms with Crippen LogP contribution in [0, 0.1) is 0 Å². The fourth-order valence-corrected chi connectivity index (χ4v) is 3.40. The van der Waals surface area contributed by atoms with Gasteiger partial charge in [0.2, 0.25) is 0 Å². The summed E-state index contributed by atoms with van der Waals surface area (Å²) in [5.41, 5.74) is 3.26. The van der Waals surface area contributed by atoms with Crippen LogP contribution in [0.15, 0.2) is 70.9 Å². The van der Waals surface area contributed by atoms with E-state index in [1.807, 2.05) is 30.5 Å². The molecule has 27 heavy (non-hydrogen) atoms. The molecule has 2 N–H and O–H groups in total. The van der Waals surface area contributed by atoms with Crippen molar-refractivity contribution >= 4 is 34.5 Å². The average molecular weight is 357 g/mol. The second-order valence-electron chi connectivity index (χ2n) is 6.53.